The molecule has 1 amide bonds. The maximum absolute atomic E-state index is 12.5. The summed E-state index contributed by atoms with van der Waals surface area (Å²) in [4.78, 5) is 17.1. The van der Waals surface area contributed by atoms with Crippen LogP contribution in [0.1, 0.15) is 12.5 Å². The first-order chi connectivity index (χ1) is 13.5. The maximum Gasteiger partial charge on any atom is 0.238 e. The second-order valence-electron chi connectivity index (χ2n) is 7.23. The molecule has 2 aromatic rings. The van der Waals surface area contributed by atoms with Crippen molar-refractivity contribution in [3.63, 3.8) is 0 Å². The molecule has 2 aromatic carbocycles. The topological polar surface area (TPSA) is 54.0 Å². The van der Waals surface area contributed by atoms with Crippen LogP contribution in [0.2, 0.25) is 0 Å². The number of hydrogen-bond acceptors (Lipinski definition) is 5. The molecule has 0 bridgehead atoms. The van der Waals surface area contributed by atoms with Crippen LogP contribution in [0, 0.1) is 6.92 Å². The summed E-state index contributed by atoms with van der Waals surface area (Å²) in [7, 11) is 3.18. The van der Waals surface area contributed by atoms with E-state index in [2.05, 4.69) is 53.2 Å². The van der Waals surface area contributed by atoms with Gasteiger partial charge in [-0.15, -0.1) is 0 Å². The Kier molecular flexibility index (Phi) is 6.41. The largest absolute Gasteiger partial charge is 0.497 e. The number of rotatable bonds is 6. The van der Waals surface area contributed by atoms with E-state index in [1.165, 1.54) is 11.3 Å². The Morgan fingerprint density at radius 1 is 1.11 bits per heavy atom. The van der Waals surface area contributed by atoms with Crippen molar-refractivity contribution >= 4 is 17.3 Å². The second-order valence-corrected chi connectivity index (χ2v) is 7.23. The monoisotopic (exact) mass is 383 g/mol. The number of carbonyl (C=O) groups excluding carboxylic acids is 1. The third-order valence-corrected chi connectivity index (χ3v) is 5.13. The average molecular weight is 383 g/mol. The van der Waals surface area contributed by atoms with Gasteiger partial charge in [-0.2, -0.15) is 0 Å². The molecule has 1 atom stereocenters. The SMILES string of the molecule is COc1ccc(NC(=O)CN2CCN(c3ccc(C)cc3)[C@H](C)C2)c(OC)c1. The number of anilines is 2. The van der Waals surface area contributed by atoms with Gasteiger partial charge in [-0.25, -0.2) is 0 Å². The maximum atomic E-state index is 12.5. The summed E-state index contributed by atoms with van der Waals surface area (Å²) in [6, 6.07) is 14.3. The second kappa shape index (κ2) is 8.97. The number of ether oxygens (including phenoxy) is 2. The van der Waals surface area contributed by atoms with Crippen LogP contribution in [0.3, 0.4) is 0 Å². The Balaban J connectivity index is 1.56. The highest BCUT2D eigenvalue weighted by atomic mass is 16.5. The molecule has 6 nitrogen and oxygen atoms in total. The molecule has 1 aliphatic heterocycles. The van der Waals surface area contributed by atoms with E-state index < -0.39 is 0 Å². The van der Waals surface area contributed by atoms with Crippen LogP contribution >= 0.6 is 0 Å². The highest BCUT2D eigenvalue weighted by Crippen LogP contribution is 2.29. The van der Waals surface area contributed by atoms with Crippen molar-refractivity contribution in [2.75, 3.05) is 50.6 Å². The van der Waals surface area contributed by atoms with E-state index in [0.717, 1.165) is 19.6 Å². The van der Waals surface area contributed by atoms with E-state index in [4.69, 9.17) is 9.47 Å². The number of nitrogens with one attached hydrogen (secondary N) is 1. The highest BCUT2D eigenvalue weighted by molar-refractivity contribution is 5.93. The first-order valence-corrected chi connectivity index (χ1v) is 9.57. The Labute approximate surface area is 167 Å². The number of aryl methyl sites for hydroxylation is 1. The number of methoxy groups -OCH3 is 2. The summed E-state index contributed by atoms with van der Waals surface area (Å²) in [6.07, 6.45) is 0. The molecule has 6 heteroatoms. The number of amides is 1. The lowest BCUT2D eigenvalue weighted by atomic mass is 10.1. The molecule has 0 aliphatic carbocycles. The standard InChI is InChI=1S/C22H29N3O3/c1-16-5-7-18(8-6-16)25-12-11-24(14-17(25)2)15-22(26)23-20-10-9-19(27-3)13-21(20)28-4/h5-10,13,17H,11-12,14-15H2,1-4H3,(H,23,26)/t17-/m1/s1. The predicted octanol–water partition coefficient (Wildman–Crippen LogP) is 3.16. The van der Waals surface area contributed by atoms with Crippen molar-refractivity contribution < 1.29 is 14.3 Å². The van der Waals surface area contributed by atoms with Crippen LogP contribution in [0.15, 0.2) is 42.5 Å². The predicted molar refractivity (Wildman–Crippen MR) is 113 cm³/mol. The fraction of sp³-hybridized carbons (Fsp3) is 0.409. The molecule has 1 N–H and O–H groups in total. The lowest BCUT2D eigenvalue weighted by Gasteiger charge is -2.41. The molecule has 1 fully saturated rings. The van der Waals surface area contributed by atoms with Gasteiger partial charge in [0.05, 0.1) is 26.5 Å². The summed E-state index contributed by atoms with van der Waals surface area (Å²) in [6.45, 7) is 7.27. The van der Waals surface area contributed by atoms with Crippen molar-refractivity contribution in [3.8, 4) is 11.5 Å². The number of nitrogens with zero attached hydrogens (tertiary/aromatic N) is 2. The van der Waals surface area contributed by atoms with Crippen molar-refractivity contribution in [2.24, 2.45) is 0 Å². The summed E-state index contributed by atoms with van der Waals surface area (Å²) in [5.41, 5.74) is 3.16. The van der Waals surface area contributed by atoms with Gasteiger partial charge in [0.25, 0.3) is 0 Å². The molecule has 0 aromatic heterocycles. The number of piperazine rings is 1. The molecule has 0 unspecified atom stereocenters. The first kappa shape index (κ1) is 20.0. The molecular formula is C22H29N3O3. The van der Waals surface area contributed by atoms with Crippen LogP contribution in [-0.4, -0.2) is 57.2 Å². The van der Waals surface area contributed by atoms with E-state index in [1.54, 1.807) is 32.4 Å². The van der Waals surface area contributed by atoms with E-state index in [0.29, 0.717) is 29.8 Å². The normalized spacial score (nSPS) is 17.3. The van der Waals surface area contributed by atoms with Crippen molar-refractivity contribution in [1.29, 1.82) is 0 Å². The van der Waals surface area contributed by atoms with Crippen LogP contribution in [-0.2, 0) is 4.79 Å². The lowest BCUT2D eigenvalue weighted by Crippen LogP contribution is -2.53. The van der Waals surface area contributed by atoms with Crippen molar-refractivity contribution in [3.05, 3.63) is 48.0 Å². The molecule has 0 radical (unpaired) electrons. The quantitative estimate of drug-likeness (QED) is 0.830. The van der Waals surface area contributed by atoms with Gasteiger partial charge < -0.3 is 19.7 Å². The number of benzene rings is 2. The molecule has 1 aliphatic rings. The Hall–Kier alpha value is -2.73. The Bertz CT molecular complexity index is 807. The van der Waals surface area contributed by atoms with Crippen LogP contribution in [0.5, 0.6) is 11.5 Å². The average Bonchev–Trinajstić information content (AvgIpc) is 2.69. The zero-order valence-corrected chi connectivity index (χ0v) is 17.1. The molecule has 1 saturated heterocycles. The minimum absolute atomic E-state index is 0.0422. The van der Waals surface area contributed by atoms with Gasteiger partial charge >= 0.3 is 0 Å². The first-order valence-electron chi connectivity index (χ1n) is 9.57. The Morgan fingerprint density at radius 2 is 1.86 bits per heavy atom. The van der Waals surface area contributed by atoms with E-state index in [1.807, 2.05) is 0 Å². The Morgan fingerprint density at radius 3 is 2.50 bits per heavy atom. The fourth-order valence-corrected chi connectivity index (χ4v) is 3.59. The van der Waals surface area contributed by atoms with Gasteiger partial charge in [0, 0.05) is 37.4 Å². The molecule has 150 valence electrons. The molecule has 0 spiro atoms. The van der Waals surface area contributed by atoms with Crippen LogP contribution in [0.25, 0.3) is 0 Å². The van der Waals surface area contributed by atoms with E-state index >= 15 is 0 Å². The lowest BCUT2D eigenvalue weighted by molar-refractivity contribution is -0.117. The van der Waals surface area contributed by atoms with Crippen LogP contribution < -0.4 is 19.7 Å². The van der Waals surface area contributed by atoms with Gasteiger partial charge in [0.15, 0.2) is 0 Å². The van der Waals surface area contributed by atoms with Gasteiger partial charge in [-0.05, 0) is 38.1 Å². The molecule has 28 heavy (non-hydrogen) atoms. The summed E-state index contributed by atoms with van der Waals surface area (Å²) < 4.78 is 10.5. The zero-order chi connectivity index (χ0) is 20.1. The van der Waals surface area contributed by atoms with Gasteiger partial charge in [0.2, 0.25) is 5.91 Å². The van der Waals surface area contributed by atoms with Gasteiger partial charge in [-0.3, -0.25) is 9.69 Å². The van der Waals surface area contributed by atoms with E-state index in [-0.39, 0.29) is 5.91 Å². The third-order valence-electron chi connectivity index (χ3n) is 5.13. The summed E-state index contributed by atoms with van der Waals surface area (Å²) in [5, 5.41) is 2.95. The van der Waals surface area contributed by atoms with E-state index in [9.17, 15) is 4.79 Å². The minimum Gasteiger partial charge on any atom is -0.497 e. The summed E-state index contributed by atoms with van der Waals surface area (Å²) in [5.74, 6) is 1.24. The van der Waals surface area contributed by atoms with Gasteiger partial charge in [0.1, 0.15) is 11.5 Å². The number of carbonyl (C=O) groups is 1. The highest BCUT2D eigenvalue weighted by Gasteiger charge is 2.25. The molecule has 0 saturated carbocycles. The van der Waals surface area contributed by atoms with Crippen molar-refractivity contribution in [1.82, 2.24) is 4.90 Å². The molecule has 1 heterocycles. The zero-order valence-electron chi connectivity index (χ0n) is 17.1. The fourth-order valence-electron chi connectivity index (χ4n) is 3.59. The summed E-state index contributed by atoms with van der Waals surface area (Å²) >= 11 is 0. The number of hydrogen-bond donors (Lipinski definition) is 1. The van der Waals surface area contributed by atoms with Gasteiger partial charge in [-0.1, -0.05) is 17.7 Å². The molecule has 3 rings (SSSR count). The van der Waals surface area contributed by atoms with Crippen LogP contribution in [0.4, 0.5) is 11.4 Å². The smallest absolute Gasteiger partial charge is 0.238 e. The van der Waals surface area contributed by atoms with Crippen molar-refractivity contribution in [2.45, 2.75) is 19.9 Å². The minimum atomic E-state index is -0.0422. The third kappa shape index (κ3) is 4.75. The molecular weight excluding hydrogens is 354 g/mol.